The number of nitrogens with zero attached hydrogens (tertiary/aromatic N) is 1. The predicted molar refractivity (Wildman–Crippen MR) is 55.5 cm³/mol. The first-order valence-electron chi connectivity index (χ1n) is 4.26. The molecule has 1 rings (SSSR count). The zero-order valence-corrected chi connectivity index (χ0v) is 9.34. The van der Waals surface area contributed by atoms with Crippen molar-refractivity contribution in [2.75, 3.05) is 6.26 Å². The molecule has 4 nitrogen and oxygen atoms in total. The van der Waals surface area contributed by atoms with E-state index in [4.69, 9.17) is 5.26 Å². The summed E-state index contributed by atoms with van der Waals surface area (Å²) in [5, 5.41) is 8.63. The molecule has 0 atom stereocenters. The predicted octanol–water partition coefficient (Wildman–Crippen LogP) is 1.34. The van der Waals surface area contributed by atoms with Gasteiger partial charge in [0, 0.05) is 0 Å². The van der Waals surface area contributed by atoms with Crippen LogP contribution in [0.3, 0.4) is 0 Å². The molecule has 1 aromatic carbocycles. The van der Waals surface area contributed by atoms with Crippen LogP contribution in [0.4, 0.5) is 0 Å². The zero-order valence-electron chi connectivity index (χ0n) is 8.52. The second-order valence-electron chi connectivity index (χ2n) is 3.22. The average molecular weight is 225 g/mol. The highest BCUT2D eigenvalue weighted by Gasteiger charge is 2.05. The third-order valence-corrected chi connectivity index (χ3v) is 2.45. The maximum atomic E-state index is 10.8. The Morgan fingerprint density at radius 1 is 1.47 bits per heavy atom. The van der Waals surface area contributed by atoms with Crippen LogP contribution < -0.4 is 0 Å². The summed E-state index contributed by atoms with van der Waals surface area (Å²) >= 11 is 0. The average Bonchev–Trinajstić information content (AvgIpc) is 2.14. The van der Waals surface area contributed by atoms with Gasteiger partial charge in [-0.15, -0.1) is 0 Å². The van der Waals surface area contributed by atoms with Gasteiger partial charge in [-0.1, -0.05) is 6.07 Å². The van der Waals surface area contributed by atoms with Crippen LogP contribution in [0.15, 0.2) is 18.2 Å². The van der Waals surface area contributed by atoms with Crippen LogP contribution in [0, 0.1) is 18.3 Å². The highest BCUT2D eigenvalue weighted by Crippen LogP contribution is 2.12. The topological polar surface area (TPSA) is 67.2 Å². The molecule has 0 aliphatic heterocycles. The Morgan fingerprint density at radius 3 is 2.60 bits per heavy atom. The summed E-state index contributed by atoms with van der Waals surface area (Å²) in [6, 6.07) is 7.03. The Bertz CT molecular complexity index is 500. The number of nitriles is 1. The highest BCUT2D eigenvalue weighted by atomic mass is 32.2. The molecular weight excluding hydrogens is 214 g/mol. The zero-order chi connectivity index (χ0) is 11.5. The summed E-state index contributed by atoms with van der Waals surface area (Å²) in [4.78, 5) is 0. The molecule has 0 radical (unpaired) electrons. The SMILES string of the molecule is Cc1cc(C#N)ccc1COS(C)(=O)=O. The van der Waals surface area contributed by atoms with E-state index in [0.717, 1.165) is 17.4 Å². The van der Waals surface area contributed by atoms with E-state index in [0.29, 0.717) is 5.56 Å². The van der Waals surface area contributed by atoms with E-state index >= 15 is 0 Å². The number of aryl methyl sites for hydroxylation is 1. The largest absolute Gasteiger partial charge is 0.265 e. The van der Waals surface area contributed by atoms with Crippen LogP contribution in [0.1, 0.15) is 16.7 Å². The first-order valence-corrected chi connectivity index (χ1v) is 6.08. The highest BCUT2D eigenvalue weighted by molar-refractivity contribution is 7.85. The Balaban J connectivity index is 2.85. The monoisotopic (exact) mass is 225 g/mol. The van der Waals surface area contributed by atoms with Crippen molar-refractivity contribution in [1.82, 2.24) is 0 Å². The van der Waals surface area contributed by atoms with E-state index in [1.54, 1.807) is 18.2 Å². The molecule has 0 saturated heterocycles. The Hall–Kier alpha value is -1.38. The van der Waals surface area contributed by atoms with Crippen LogP contribution in [0.5, 0.6) is 0 Å². The van der Waals surface area contributed by atoms with E-state index in [-0.39, 0.29) is 6.61 Å². The van der Waals surface area contributed by atoms with Crippen molar-refractivity contribution in [2.24, 2.45) is 0 Å². The molecule has 0 aromatic heterocycles. The van der Waals surface area contributed by atoms with Crippen LogP contribution in [-0.2, 0) is 20.9 Å². The molecular formula is C10H11NO3S. The lowest BCUT2D eigenvalue weighted by Gasteiger charge is -2.05. The minimum absolute atomic E-state index is 0.0103. The summed E-state index contributed by atoms with van der Waals surface area (Å²) < 4.78 is 26.2. The molecule has 80 valence electrons. The third kappa shape index (κ3) is 3.70. The molecule has 0 bridgehead atoms. The van der Waals surface area contributed by atoms with Gasteiger partial charge in [-0.3, -0.25) is 4.18 Å². The maximum Gasteiger partial charge on any atom is 0.264 e. The van der Waals surface area contributed by atoms with E-state index in [9.17, 15) is 8.42 Å². The summed E-state index contributed by atoms with van der Waals surface area (Å²) in [7, 11) is -3.42. The molecule has 0 spiro atoms. The van der Waals surface area contributed by atoms with E-state index < -0.39 is 10.1 Å². The van der Waals surface area contributed by atoms with Crippen molar-refractivity contribution >= 4 is 10.1 Å². The van der Waals surface area contributed by atoms with Crippen molar-refractivity contribution in [3.63, 3.8) is 0 Å². The van der Waals surface area contributed by atoms with Gasteiger partial charge in [0.1, 0.15) is 0 Å². The molecule has 0 aliphatic rings. The van der Waals surface area contributed by atoms with Gasteiger partial charge in [-0.25, -0.2) is 0 Å². The van der Waals surface area contributed by atoms with E-state index in [1.165, 1.54) is 0 Å². The summed E-state index contributed by atoms with van der Waals surface area (Å²) in [5.41, 5.74) is 2.16. The van der Waals surface area contributed by atoms with Gasteiger partial charge in [-0.05, 0) is 30.2 Å². The molecule has 15 heavy (non-hydrogen) atoms. The lowest BCUT2D eigenvalue weighted by Crippen LogP contribution is -2.03. The molecule has 0 aliphatic carbocycles. The molecule has 0 fully saturated rings. The summed E-state index contributed by atoms with van der Waals surface area (Å²) in [6.45, 7) is 1.82. The van der Waals surface area contributed by atoms with Crippen molar-refractivity contribution in [3.05, 3.63) is 34.9 Å². The molecule has 0 heterocycles. The summed E-state index contributed by atoms with van der Waals surface area (Å²) in [6.07, 6.45) is 1.01. The second kappa shape index (κ2) is 4.43. The van der Waals surface area contributed by atoms with Gasteiger partial charge in [0.25, 0.3) is 10.1 Å². The molecule has 5 heteroatoms. The lowest BCUT2D eigenvalue weighted by molar-refractivity contribution is 0.311. The fraction of sp³-hybridized carbons (Fsp3) is 0.300. The quantitative estimate of drug-likeness (QED) is 0.728. The second-order valence-corrected chi connectivity index (χ2v) is 4.86. The summed E-state index contributed by atoms with van der Waals surface area (Å²) in [5.74, 6) is 0. The number of hydrogen-bond donors (Lipinski definition) is 0. The van der Waals surface area contributed by atoms with Gasteiger partial charge in [0.05, 0.1) is 24.5 Å². The maximum absolute atomic E-state index is 10.8. The molecule has 0 saturated carbocycles. The lowest BCUT2D eigenvalue weighted by atomic mass is 10.1. The Kier molecular flexibility index (Phi) is 3.45. The minimum atomic E-state index is -3.42. The van der Waals surface area contributed by atoms with Gasteiger partial charge >= 0.3 is 0 Å². The van der Waals surface area contributed by atoms with Gasteiger partial charge in [0.2, 0.25) is 0 Å². The molecule has 0 amide bonds. The fourth-order valence-corrected chi connectivity index (χ4v) is 1.44. The third-order valence-electron chi connectivity index (χ3n) is 1.90. The number of benzene rings is 1. The van der Waals surface area contributed by atoms with Gasteiger partial charge < -0.3 is 0 Å². The van der Waals surface area contributed by atoms with Crippen molar-refractivity contribution in [1.29, 1.82) is 5.26 Å². The number of hydrogen-bond acceptors (Lipinski definition) is 4. The smallest absolute Gasteiger partial charge is 0.264 e. The van der Waals surface area contributed by atoms with Crippen LogP contribution in [-0.4, -0.2) is 14.7 Å². The molecule has 1 aromatic rings. The normalized spacial score (nSPS) is 11.0. The van der Waals surface area contributed by atoms with Crippen LogP contribution in [0.2, 0.25) is 0 Å². The molecule has 0 N–H and O–H groups in total. The van der Waals surface area contributed by atoms with Gasteiger partial charge in [-0.2, -0.15) is 13.7 Å². The van der Waals surface area contributed by atoms with Crippen LogP contribution >= 0.6 is 0 Å². The van der Waals surface area contributed by atoms with Crippen molar-refractivity contribution in [2.45, 2.75) is 13.5 Å². The molecule has 0 unspecified atom stereocenters. The first kappa shape index (κ1) is 11.7. The fourth-order valence-electron chi connectivity index (χ4n) is 1.10. The number of rotatable bonds is 3. The van der Waals surface area contributed by atoms with Gasteiger partial charge in [0.15, 0.2) is 0 Å². The first-order chi connectivity index (χ1) is 6.92. The van der Waals surface area contributed by atoms with Crippen LogP contribution in [0.25, 0.3) is 0 Å². The Morgan fingerprint density at radius 2 is 2.13 bits per heavy atom. The minimum Gasteiger partial charge on any atom is -0.265 e. The standard InChI is InChI=1S/C10H11NO3S/c1-8-5-9(6-11)3-4-10(8)7-14-15(2,12)13/h3-5H,7H2,1-2H3. The van der Waals surface area contributed by atoms with E-state index in [2.05, 4.69) is 4.18 Å². The van der Waals surface area contributed by atoms with E-state index in [1.807, 2.05) is 13.0 Å². The van der Waals surface area contributed by atoms with Crippen molar-refractivity contribution in [3.8, 4) is 6.07 Å². The Labute approximate surface area is 89.2 Å². The van der Waals surface area contributed by atoms with Crippen molar-refractivity contribution < 1.29 is 12.6 Å².